The highest BCUT2D eigenvalue weighted by Crippen LogP contribution is 2.31. The summed E-state index contributed by atoms with van der Waals surface area (Å²) >= 11 is 7.64. The zero-order chi connectivity index (χ0) is 21.8. The molecule has 1 amide bonds. The van der Waals surface area contributed by atoms with Gasteiger partial charge in [0.15, 0.2) is 0 Å². The Labute approximate surface area is 190 Å². The lowest BCUT2D eigenvalue weighted by Crippen LogP contribution is -2.36. The number of carbonyl (C=O) groups excluding carboxylic acids is 1. The van der Waals surface area contributed by atoms with Crippen molar-refractivity contribution in [3.63, 3.8) is 0 Å². The number of thiazole rings is 1. The number of piperidine rings is 1. The number of halogens is 1. The molecule has 6 nitrogen and oxygen atoms in total. The number of sulfonamides is 1. The predicted octanol–water partition coefficient (Wildman–Crippen LogP) is 4.82. The minimum absolute atomic E-state index is 0.0407. The zero-order valence-corrected chi connectivity index (χ0v) is 19.1. The SMILES string of the molecule is O=C(Cc1csc(-c2ccccc2Cl)n1)Nc1ccccc1S(=O)(=O)N1CCCCC1. The number of hydrogen-bond donors (Lipinski definition) is 1. The van der Waals surface area contributed by atoms with Gasteiger partial charge in [0.05, 0.1) is 22.8 Å². The number of aromatic nitrogens is 1. The normalized spacial score (nSPS) is 15.0. The Bertz CT molecular complexity index is 1190. The van der Waals surface area contributed by atoms with Crippen LogP contribution in [0.2, 0.25) is 5.02 Å². The highest BCUT2D eigenvalue weighted by molar-refractivity contribution is 7.89. The third-order valence-electron chi connectivity index (χ3n) is 5.09. The Balaban J connectivity index is 1.49. The first kappa shape index (κ1) is 22.0. The maximum atomic E-state index is 13.1. The fourth-order valence-electron chi connectivity index (χ4n) is 3.54. The fourth-order valence-corrected chi connectivity index (χ4v) is 6.35. The third-order valence-corrected chi connectivity index (χ3v) is 8.30. The Hall–Kier alpha value is -2.26. The number of anilines is 1. The van der Waals surface area contributed by atoms with Crippen LogP contribution in [-0.4, -0.2) is 36.7 Å². The molecule has 2 heterocycles. The highest BCUT2D eigenvalue weighted by atomic mass is 35.5. The van der Waals surface area contributed by atoms with Crippen LogP contribution < -0.4 is 5.32 Å². The molecule has 1 aliphatic heterocycles. The lowest BCUT2D eigenvalue weighted by Gasteiger charge is -2.26. The molecule has 0 saturated carbocycles. The van der Waals surface area contributed by atoms with Crippen LogP contribution in [0.4, 0.5) is 5.69 Å². The van der Waals surface area contributed by atoms with Crippen LogP contribution in [0.1, 0.15) is 25.0 Å². The van der Waals surface area contributed by atoms with Crippen molar-refractivity contribution in [3.8, 4) is 10.6 Å². The Morgan fingerprint density at radius 3 is 2.55 bits per heavy atom. The van der Waals surface area contributed by atoms with E-state index in [9.17, 15) is 13.2 Å². The van der Waals surface area contributed by atoms with Crippen LogP contribution in [0.25, 0.3) is 10.6 Å². The molecular weight excluding hydrogens is 454 g/mol. The Kier molecular flexibility index (Phi) is 6.71. The first-order valence-corrected chi connectivity index (χ1v) is 12.7. The lowest BCUT2D eigenvalue weighted by atomic mass is 10.2. The summed E-state index contributed by atoms with van der Waals surface area (Å²) in [5.74, 6) is -0.322. The van der Waals surface area contributed by atoms with E-state index >= 15 is 0 Å². The number of nitrogens with one attached hydrogen (secondary N) is 1. The van der Waals surface area contributed by atoms with Crippen LogP contribution in [-0.2, 0) is 21.2 Å². The number of nitrogens with zero attached hydrogens (tertiary/aromatic N) is 2. The molecular formula is C22H22ClN3O3S2. The van der Waals surface area contributed by atoms with Crippen LogP contribution in [0.5, 0.6) is 0 Å². The van der Waals surface area contributed by atoms with Crippen LogP contribution in [0.15, 0.2) is 58.8 Å². The van der Waals surface area contributed by atoms with E-state index in [1.54, 1.807) is 24.3 Å². The summed E-state index contributed by atoms with van der Waals surface area (Å²) in [4.78, 5) is 17.3. The number of para-hydroxylation sites is 1. The number of hydrogen-bond acceptors (Lipinski definition) is 5. The number of amides is 1. The molecule has 1 aliphatic rings. The van der Waals surface area contributed by atoms with E-state index in [0.29, 0.717) is 29.5 Å². The Morgan fingerprint density at radius 2 is 1.77 bits per heavy atom. The topological polar surface area (TPSA) is 79.4 Å². The summed E-state index contributed by atoms with van der Waals surface area (Å²) in [6.07, 6.45) is 2.78. The van der Waals surface area contributed by atoms with Gasteiger partial charge in [-0.05, 0) is 31.0 Å². The first-order chi connectivity index (χ1) is 14.9. The monoisotopic (exact) mass is 475 g/mol. The van der Waals surface area contributed by atoms with Gasteiger partial charge in [0.25, 0.3) is 0 Å². The second kappa shape index (κ2) is 9.48. The van der Waals surface area contributed by atoms with Crippen molar-refractivity contribution in [3.05, 3.63) is 64.6 Å². The van der Waals surface area contributed by atoms with E-state index in [-0.39, 0.29) is 17.2 Å². The van der Waals surface area contributed by atoms with E-state index in [0.717, 1.165) is 29.8 Å². The summed E-state index contributed by atoms with van der Waals surface area (Å²) in [5, 5.41) is 5.91. The maximum absolute atomic E-state index is 13.1. The zero-order valence-electron chi connectivity index (χ0n) is 16.8. The molecule has 0 aliphatic carbocycles. The van der Waals surface area contributed by atoms with Crippen LogP contribution in [0.3, 0.4) is 0 Å². The van der Waals surface area contributed by atoms with Crippen LogP contribution >= 0.6 is 22.9 Å². The quantitative estimate of drug-likeness (QED) is 0.554. The van der Waals surface area contributed by atoms with Gasteiger partial charge >= 0.3 is 0 Å². The lowest BCUT2D eigenvalue weighted by molar-refractivity contribution is -0.115. The van der Waals surface area contributed by atoms with Gasteiger partial charge in [-0.2, -0.15) is 4.31 Å². The van der Waals surface area contributed by atoms with Gasteiger partial charge in [-0.25, -0.2) is 13.4 Å². The predicted molar refractivity (Wildman–Crippen MR) is 124 cm³/mol. The van der Waals surface area contributed by atoms with Crippen molar-refractivity contribution < 1.29 is 13.2 Å². The minimum Gasteiger partial charge on any atom is -0.325 e. The molecule has 9 heteroatoms. The molecule has 0 spiro atoms. The largest absolute Gasteiger partial charge is 0.325 e. The summed E-state index contributed by atoms with van der Waals surface area (Å²) in [6.45, 7) is 1.02. The van der Waals surface area contributed by atoms with Crippen molar-refractivity contribution in [2.24, 2.45) is 0 Å². The standard InChI is InChI=1S/C22H22ClN3O3S2/c23-18-9-3-2-8-17(18)22-24-16(15-30-22)14-21(27)25-19-10-4-5-11-20(19)31(28,29)26-12-6-1-7-13-26/h2-5,8-11,15H,1,6-7,12-14H2,(H,25,27). The smallest absolute Gasteiger partial charge is 0.245 e. The van der Waals surface area contributed by atoms with E-state index < -0.39 is 10.0 Å². The molecule has 0 bridgehead atoms. The average Bonchev–Trinajstić information content (AvgIpc) is 3.23. The number of rotatable bonds is 6. The molecule has 2 aromatic carbocycles. The van der Waals surface area contributed by atoms with Crippen molar-refractivity contribution in [1.29, 1.82) is 0 Å². The Morgan fingerprint density at radius 1 is 1.06 bits per heavy atom. The van der Waals surface area contributed by atoms with E-state index in [4.69, 9.17) is 11.6 Å². The van der Waals surface area contributed by atoms with Crippen molar-refractivity contribution >= 4 is 44.6 Å². The highest BCUT2D eigenvalue weighted by Gasteiger charge is 2.28. The molecule has 162 valence electrons. The molecule has 1 aromatic heterocycles. The van der Waals surface area contributed by atoms with Gasteiger partial charge in [0, 0.05) is 24.0 Å². The summed E-state index contributed by atoms with van der Waals surface area (Å²) in [5.41, 5.74) is 1.72. The van der Waals surface area contributed by atoms with Gasteiger partial charge < -0.3 is 5.32 Å². The molecule has 3 aromatic rings. The number of benzene rings is 2. The van der Waals surface area contributed by atoms with E-state index in [1.807, 2.05) is 23.6 Å². The maximum Gasteiger partial charge on any atom is 0.245 e. The van der Waals surface area contributed by atoms with Gasteiger partial charge in [-0.3, -0.25) is 4.79 Å². The molecule has 0 radical (unpaired) electrons. The number of carbonyl (C=O) groups is 1. The second-order valence-corrected chi connectivity index (χ2v) is 10.5. The van der Waals surface area contributed by atoms with Gasteiger partial charge in [-0.15, -0.1) is 11.3 Å². The second-order valence-electron chi connectivity index (χ2n) is 7.31. The van der Waals surface area contributed by atoms with Crippen molar-refractivity contribution in [2.75, 3.05) is 18.4 Å². The van der Waals surface area contributed by atoms with Gasteiger partial charge in [-0.1, -0.05) is 48.4 Å². The minimum atomic E-state index is -3.66. The molecule has 1 saturated heterocycles. The molecule has 0 atom stereocenters. The average molecular weight is 476 g/mol. The fraction of sp³-hybridized carbons (Fsp3) is 0.273. The first-order valence-electron chi connectivity index (χ1n) is 10.0. The summed E-state index contributed by atoms with van der Waals surface area (Å²) < 4.78 is 27.7. The van der Waals surface area contributed by atoms with Crippen molar-refractivity contribution in [1.82, 2.24) is 9.29 Å². The van der Waals surface area contributed by atoms with Crippen LogP contribution in [0, 0.1) is 0 Å². The molecule has 31 heavy (non-hydrogen) atoms. The third kappa shape index (κ3) is 4.98. The van der Waals surface area contributed by atoms with Crippen molar-refractivity contribution in [2.45, 2.75) is 30.6 Å². The molecule has 1 fully saturated rings. The molecule has 1 N–H and O–H groups in total. The van der Waals surface area contributed by atoms with E-state index in [1.165, 1.54) is 21.7 Å². The summed E-state index contributed by atoms with van der Waals surface area (Å²) in [7, 11) is -3.66. The van der Waals surface area contributed by atoms with E-state index in [2.05, 4.69) is 10.3 Å². The van der Waals surface area contributed by atoms with Gasteiger partial charge in [0.2, 0.25) is 15.9 Å². The molecule has 4 rings (SSSR count). The van der Waals surface area contributed by atoms with Gasteiger partial charge in [0.1, 0.15) is 9.90 Å². The summed E-state index contributed by atoms with van der Waals surface area (Å²) in [6, 6.07) is 13.9. The molecule has 0 unspecified atom stereocenters.